The SMILES string of the molecule is CC1(C)CCCCC1C(N)c1ccccc1C(F)(F)F. The first-order valence-corrected chi connectivity index (χ1v) is 7.15. The molecule has 1 nitrogen and oxygen atoms in total. The molecule has 0 aromatic heterocycles. The minimum absolute atomic E-state index is 0.00359. The van der Waals surface area contributed by atoms with Crippen molar-refractivity contribution in [1.29, 1.82) is 0 Å². The Balaban J connectivity index is 2.36. The van der Waals surface area contributed by atoms with Gasteiger partial charge in [0.2, 0.25) is 0 Å². The Bertz CT molecular complexity index is 465. The molecule has 20 heavy (non-hydrogen) atoms. The Labute approximate surface area is 118 Å². The number of hydrogen-bond donors (Lipinski definition) is 1. The molecular weight excluding hydrogens is 263 g/mol. The molecule has 0 amide bonds. The molecule has 1 saturated carbocycles. The lowest BCUT2D eigenvalue weighted by Gasteiger charge is -2.42. The van der Waals surface area contributed by atoms with Crippen LogP contribution in [0.25, 0.3) is 0 Å². The number of alkyl halides is 3. The van der Waals surface area contributed by atoms with Gasteiger partial charge in [-0.2, -0.15) is 13.2 Å². The van der Waals surface area contributed by atoms with Crippen molar-refractivity contribution in [3.05, 3.63) is 35.4 Å². The molecule has 0 radical (unpaired) electrons. The van der Waals surface area contributed by atoms with Gasteiger partial charge in [-0.3, -0.25) is 0 Å². The molecule has 1 aliphatic carbocycles. The first-order valence-electron chi connectivity index (χ1n) is 7.15. The second kappa shape index (κ2) is 5.40. The minimum atomic E-state index is -4.34. The van der Waals surface area contributed by atoms with Crippen molar-refractivity contribution in [2.75, 3.05) is 0 Å². The van der Waals surface area contributed by atoms with Crippen LogP contribution in [0, 0.1) is 11.3 Å². The Morgan fingerprint density at radius 2 is 1.85 bits per heavy atom. The van der Waals surface area contributed by atoms with Crippen LogP contribution in [0.1, 0.15) is 56.7 Å². The maximum Gasteiger partial charge on any atom is 0.416 e. The molecule has 0 aliphatic heterocycles. The van der Waals surface area contributed by atoms with Crippen molar-refractivity contribution in [2.24, 2.45) is 17.1 Å². The lowest BCUT2D eigenvalue weighted by Crippen LogP contribution is -2.37. The highest BCUT2D eigenvalue weighted by Gasteiger charge is 2.40. The maximum atomic E-state index is 13.1. The molecule has 4 heteroatoms. The zero-order valence-corrected chi connectivity index (χ0v) is 12.0. The molecule has 0 heterocycles. The van der Waals surface area contributed by atoms with Gasteiger partial charge < -0.3 is 5.73 Å². The van der Waals surface area contributed by atoms with E-state index in [0.717, 1.165) is 31.7 Å². The maximum absolute atomic E-state index is 13.1. The van der Waals surface area contributed by atoms with Gasteiger partial charge in [0.1, 0.15) is 0 Å². The summed E-state index contributed by atoms with van der Waals surface area (Å²) in [5.74, 6) is 0.0970. The largest absolute Gasteiger partial charge is 0.416 e. The molecule has 2 N–H and O–H groups in total. The van der Waals surface area contributed by atoms with E-state index in [1.807, 2.05) is 0 Å². The summed E-state index contributed by atoms with van der Waals surface area (Å²) in [5, 5.41) is 0. The van der Waals surface area contributed by atoms with Crippen LogP contribution in [0.5, 0.6) is 0 Å². The summed E-state index contributed by atoms with van der Waals surface area (Å²) in [6, 6.07) is 5.16. The molecule has 1 aromatic carbocycles. The van der Waals surface area contributed by atoms with E-state index in [1.54, 1.807) is 6.07 Å². The lowest BCUT2D eigenvalue weighted by atomic mass is 9.64. The molecule has 2 atom stereocenters. The minimum Gasteiger partial charge on any atom is -0.324 e. The van der Waals surface area contributed by atoms with Gasteiger partial charge in [0.15, 0.2) is 0 Å². The first-order chi connectivity index (χ1) is 9.23. The molecule has 2 rings (SSSR count). The van der Waals surface area contributed by atoms with E-state index in [0.29, 0.717) is 0 Å². The number of rotatable bonds is 2. The summed E-state index contributed by atoms with van der Waals surface area (Å²) in [5.41, 5.74) is 5.89. The zero-order valence-electron chi connectivity index (χ0n) is 12.0. The molecule has 1 aliphatic rings. The fourth-order valence-corrected chi connectivity index (χ4v) is 3.45. The summed E-state index contributed by atoms with van der Waals surface area (Å²) in [4.78, 5) is 0. The first kappa shape index (κ1) is 15.4. The Morgan fingerprint density at radius 1 is 1.20 bits per heavy atom. The lowest BCUT2D eigenvalue weighted by molar-refractivity contribution is -0.138. The van der Waals surface area contributed by atoms with Crippen molar-refractivity contribution in [3.63, 3.8) is 0 Å². The smallest absolute Gasteiger partial charge is 0.324 e. The van der Waals surface area contributed by atoms with E-state index in [2.05, 4.69) is 13.8 Å². The molecule has 2 unspecified atom stereocenters. The van der Waals surface area contributed by atoms with E-state index in [9.17, 15) is 13.2 Å². The van der Waals surface area contributed by atoms with E-state index in [-0.39, 0.29) is 16.9 Å². The van der Waals surface area contributed by atoms with Crippen molar-refractivity contribution in [2.45, 2.75) is 51.7 Å². The standard InChI is InChI=1S/C16H22F3N/c1-15(2)10-6-5-9-13(15)14(20)11-7-3-4-8-12(11)16(17,18)19/h3-4,7-8,13-14H,5-6,9-10,20H2,1-2H3. The summed E-state index contributed by atoms with van der Waals surface area (Å²) in [7, 11) is 0. The van der Waals surface area contributed by atoms with Crippen molar-refractivity contribution in [3.8, 4) is 0 Å². The average molecular weight is 285 g/mol. The second-order valence-electron chi connectivity index (χ2n) is 6.45. The Hall–Kier alpha value is -1.03. The van der Waals surface area contributed by atoms with E-state index < -0.39 is 17.8 Å². The molecule has 0 saturated heterocycles. The van der Waals surface area contributed by atoms with E-state index in [4.69, 9.17) is 5.73 Å². The van der Waals surface area contributed by atoms with Crippen molar-refractivity contribution >= 4 is 0 Å². The molecule has 0 spiro atoms. The van der Waals surface area contributed by atoms with Crippen molar-refractivity contribution in [1.82, 2.24) is 0 Å². The van der Waals surface area contributed by atoms with Gasteiger partial charge >= 0.3 is 6.18 Å². The average Bonchev–Trinajstić information content (AvgIpc) is 2.36. The third-order valence-corrected chi connectivity index (χ3v) is 4.65. The van der Waals surface area contributed by atoms with Gasteiger partial charge in [-0.1, -0.05) is 44.9 Å². The fourth-order valence-electron chi connectivity index (χ4n) is 3.45. The van der Waals surface area contributed by atoms with Gasteiger partial charge in [-0.05, 0) is 35.8 Å². The number of nitrogens with two attached hydrogens (primary N) is 1. The van der Waals surface area contributed by atoms with E-state index in [1.165, 1.54) is 12.1 Å². The highest BCUT2D eigenvalue weighted by atomic mass is 19.4. The van der Waals surface area contributed by atoms with Crippen LogP contribution >= 0.6 is 0 Å². The normalized spacial score (nSPS) is 24.4. The predicted molar refractivity (Wildman–Crippen MR) is 74.1 cm³/mol. The number of benzene rings is 1. The van der Waals surface area contributed by atoms with E-state index >= 15 is 0 Å². The van der Waals surface area contributed by atoms with Crippen LogP contribution in [0.3, 0.4) is 0 Å². The van der Waals surface area contributed by atoms with Gasteiger partial charge in [0, 0.05) is 6.04 Å². The monoisotopic (exact) mass is 285 g/mol. The van der Waals surface area contributed by atoms with Gasteiger partial charge in [0.25, 0.3) is 0 Å². The quantitative estimate of drug-likeness (QED) is 0.820. The third-order valence-electron chi connectivity index (χ3n) is 4.65. The highest BCUT2D eigenvalue weighted by Crippen LogP contribution is 2.47. The van der Waals surface area contributed by atoms with Crippen LogP contribution in [-0.2, 0) is 6.18 Å². The number of hydrogen-bond acceptors (Lipinski definition) is 1. The number of halogens is 3. The second-order valence-corrected chi connectivity index (χ2v) is 6.45. The van der Waals surface area contributed by atoms with Crippen LogP contribution in [0.4, 0.5) is 13.2 Å². The molecule has 112 valence electrons. The topological polar surface area (TPSA) is 26.0 Å². The summed E-state index contributed by atoms with van der Waals surface area (Å²) in [6.45, 7) is 4.24. The summed E-state index contributed by atoms with van der Waals surface area (Å²) >= 11 is 0. The fraction of sp³-hybridized carbons (Fsp3) is 0.625. The predicted octanol–water partition coefficient (Wildman–Crippen LogP) is 4.92. The molecule has 0 bridgehead atoms. The third kappa shape index (κ3) is 3.00. The van der Waals surface area contributed by atoms with Crippen LogP contribution in [0.2, 0.25) is 0 Å². The summed E-state index contributed by atoms with van der Waals surface area (Å²) < 4.78 is 39.3. The zero-order chi connectivity index (χ0) is 15.0. The molecule has 1 aromatic rings. The van der Waals surface area contributed by atoms with Crippen molar-refractivity contribution < 1.29 is 13.2 Å². The van der Waals surface area contributed by atoms with Crippen LogP contribution < -0.4 is 5.73 Å². The molecular formula is C16H22F3N. The molecule has 1 fully saturated rings. The van der Waals surface area contributed by atoms with Crippen LogP contribution in [-0.4, -0.2) is 0 Å². The van der Waals surface area contributed by atoms with Crippen LogP contribution in [0.15, 0.2) is 24.3 Å². The van der Waals surface area contributed by atoms with Gasteiger partial charge in [-0.25, -0.2) is 0 Å². The van der Waals surface area contributed by atoms with Gasteiger partial charge in [-0.15, -0.1) is 0 Å². The van der Waals surface area contributed by atoms with Gasteiger partial charge in [0.05, 0.1) is 5.56 Å². The Morgan fingerprint density at radius 3 is 2.45 bits per heavy atom. The Kier molecular flexibility index (Phi) is 4.14. The highest BCUT2D eigenvalue weighted by molar-refractivity contribution is 5.33. The summed E-state index contributed by atoms with van der Waals surface area (Å²) in [6.07, 6.45) is -0.222.